The lowest BCUT2D eigenvalue weighted by atomic mass is 10.1. The third kappa shape index (κ3) is 4.00. The molecule has 0 aliphatic rings. The number of nitrogens with one attached hydrogen (secondary N) is 2. The summed E-state index contributed by atoms with van der Waals surface area (Å²) in [6, 6.07) is 2.67. The molecule has 0 aliphatic carbocycles. The fourth-order valence-corrected chi connectivity index (χ4v) is 1.25. The van der Waals surface area contributed by atoms with Gasteiger partial charge in [0.2, 0.25) is 0 Å². The summed E-state index contributed by atoms with van der Waals surface area (Å²) in [4.78, 5) is 22.2. The average molecular weight is 264 g/mol. The number of amides is 2. The van der Waals surface area contributed by atoms with Crippen LogP contribution in [-0.2, 0) is 0 Å². The molecule has 0 spiro atoms. The molecule has 0 aromatic heterocycles. The van der Waals surface area contributed by atoms with Crippen LogP contribution in [0.25, 0.3) is 0 Å². The van der Waals surface area contributed by atoms with Gasteiger partial charge in [-0.25, -0.2) is 14.0 Å². The molecule has 0 radical (unpaired) electrons. The predicted octanol–water partition coefficient (Wildman–Crippen LogP) is 2.06. The van der Waals surface area contributed by atoms with Crippen molar-refractivity contribution in [2.24, 2.45) is 0 Å². The molecule has 3 N–H and O–H groups in total. The number of terminal acetylenes is 1. The average Bonchev–Trinajstić information content (AvgIpc) is 2.27. The third-order valence-corrected chi connectivity index (χ3v) is 2.24. The van der Waals surface area contributed by atoms with Gasteiger partial charge in [0.25, 0.3) is 0 Å². The maximum Gasteiger partial charge on any atom is 0.338 e. The second-order valence-corrected chi connectivity index (χ2v) is 4.35. The van der Waals surface area contributed by atoms with Crippen LogP contribution in [0.15, 0.2) is 18.2 Å². The molecule has 6 heteroatoms. The van der Waals surface area contributed by atoms with E-state index in [9.17, 15) is 14.0 Å². The molecule has 19 heavy (non-hydrogen) atoms. The van der Waals surface area contributed by atoms with Crippen LogP contribution in [0.3, 0.4) is 0 Å². The van der Waals surface area contributed by atoms with Crippen molar-refractivity contribution in [1.29, 1.82) is 0 Å². The summed E-state index contributed by atoms with van der Waals surface area (Å²) in [5.41, 5.74) is -1.17. The monoisotopic (exact) mass is 264 g/mol. The van der Waals surface area contributed by atoms with Gasteiger partial charge in [-0.05, 0) is 32.0 Å². The van der Waals surface area contributed by atoms with Crippen LogP contribution in [0.4, 0.5) is 14.9 Å². The number of hydrogen-bond donors (Lipinski definition) is 3. The van der Waals surface area contributed by atoms with E-state index in [1.54, 1.807) is 13.8 Å². The van der Waals surface area contributed by atoms with E-state index in [1.807, 2.05) is 0 Å². The Morgan fingerprint density at radius 2 is 2.05 bits per heavy atom. The van der Waals surface area contributed by atoms with E-state index in [1.165, 1.54) is 6.07 Å². The smallest absolute Gasteiger partial charge is 0.338 e. The highest BCUT2D eigenvalue weighted by molar-refractivity contribution is 5.92. The lowest BCUT2D eigenvalue weighted by Crippen LogP contribution is -2.44. The van der Waals surface area contributed by atoms with E-state index in [2.05, 4.69) is 16.6 Å². The highest BCUT2D eigenvalue weighted by atomic mass is 19.1. The lowest BCUT2D eigenvalue weighted by molar-refractivity contribution is 0.0692. The van der Waals surface area contributed by atoms with E-state index in [-0.39, 0.29) is 5.69 Å². The van der Waals surface area contributed by atoms with Gasteiger partial charge >= 0.3 is 12.0 Å². The first kappa shape index (κ1) is 14.5. The molecule has 100 valence electrons. The zero-order valence-electron chi connectivity index (χ0n) is 10.5. The van der Waals surface area contributed by atoms with Gasteiger partial charge in [0, 0.05) is 5.69 Å². The maximum absolute atomic E-state index is 13.4. The predicted molar refractivity (Wildman–Crippen MR) is 68.4 cm³/mol. The van der Waals surface area contributed by atoms with E-state index >= 15 is 0 Å². The second kappa shape index (κ2) is 5.40. The molecule has 0 fully saturated rings. The normalized spacial score (nSPS) is 10.4. The number of benzene rings is 1. The number of carboxylic acid groups (broad SMARTS) is 1. The van der Waals surface area contributed by atoms with Gasteiger partial charge in [0.1, 0.15) is 5.82 Å². The summed E-state index contributed by atoms with van der Waals surface area (Å²) in [5, 5.41) is 13.5. The third-order valence-electron chi connectivity index (χ3n) is 2.24. The first-order chi connectivity index (χ1) is 8.75. The number of hydrogen-bond acceptors (Lipinski definition) is 2. The zero-order valence-corrected chi connectivity index (χ0v) is 10.5. The highest BCUT2D eigenvalue weighted by Gasteiger charge is 2.17. The van der Waals surface area contributed by atoms with Crippen molar-refractivity contribution >= 4 is 17.7 Å². The Bertz CT molecular complexity index is 561. The summed E-state index contributed by atoms with van der Waals surface area (Å²) < 4.78 is 13.4. The number of carboxylic acids is 1. The number of halogens is 1. The number of urea groups is 1. The van der Waals surface area contributed by atoms with Crippen LogP contribution in [0.5, 0.6) is 0 Å². The molecule has 0 bridgehead atoms. The van der Waals surface area contributed by atoms with E-state index in [0.29, 0.717) is 0 Å². The Labute approximate surface area is 109 Å². The highest BCUT2D eigenvalue weighted by Crippen LogP contribution is 2.14. The molecule has 1 aromatic carbocycles. The molecule has 0 saturated heterocycles. The Morgan fingerprint density at radius 3 is 2.53 bits per heavy atom. The molecular formula is C13H13FN2O3. The number of aromatic carboxylic acids is 1. The van der Waals surface area contributed by atoms with Crippen LogP contribution in [-0.4, -0.2) is 22.6 Å². The van der Waals surface area contributed by atoms with Gasteiger partial charge in [0.15, 0.2) is 0 Å². The summed E-state index contributed by atoms with van der Waals surface area (Å²) in [6.45, 7) is 3.25. The molecule has 0 atom stereocenters. The summed E-state index contributed by atoms with van der Waals surface area (Å²) in [5.74, 6) is 0.0674. The van der Waals surface area contributed by atoms with E-state index < -0.39 is 28.9 Å². The second-order valence-electron chi connectivity index (χ2n) is 4.35. The molecule has 2 amide bonds. The zero-order chi connectivity index (χ0) is 14.6. The van der Waals surface area contributed by atoms with Crippen LogP contribution < -0.4 is 10.6 Å². The minimum atomic E-state index is -1.37. The van der Waals surface area contributed by atoms with Gasteiger partial charge in [-0.1, -0.05) is 5.92 Å². The van der Waals surface area contributed by atoms with Crippen molar-refractivity contribution in [3.05, 3.63) is 29.6 Å². The molecule has 1 rings (SSSR count). The molecular weight excluding hydrogens is 251 g/mol. The SMILES string of the molecule is C#CC(C)(C)NC(=O)Nc1ccc(C(=O)O)c(F)c1. The quantitative estimate of drug-likeness (QED) is 0.731. The van der Waals surface area contributed by atoms with Crippen LogP contribution in [0.2, 0.25) is 0 Å². The molecule has 5 nitrogen and oxygen atoms in total. The number of carbonyl (C=O) groups excluding carboxylic acids is 1. The van der Waals surface area contributed by atoms with Crippen LogP contribution >= 0.6 is 0 Å². The first-order valence-electron chi connectivity index (χ1n) is 5.35. The summed E-state index contributed by atoms with van der Waals surface area (Å²) in [7, 11) is 0. The molecule has 0 saturated carbocycles. The fourth-order valence-electron chi connectivity index (χ4n) is 1.25. The minimum absolute atomic E-state index is 0.132. The van der Waals surface area contributed by atoms with Gasteiger partial charge in [-0.3, -0.25) is 0 Å². The largest absolute Gasteiger partial charge is 0.478 e. The molecule has 1 aromatic rings. The van der Waals surface area contributed by atoms with Crippen molar-refractivity contribution in [3.63, 3.8) is 0 Å². The number of carbonyl (C=O) groups is 2. The Kier molecular flexibility index (Phi) is 4.12. The van der Waals surface area contributed by atoms with Crippen molar-refractivity contribution < 1.29 is 19.1 Å². The Balaban J connectivity index is 2.79. The summed E-state index contributed by atoms with van der Waals surface area (Å²) in [6.07, 6.45) is 5.21. The maximum atomic E-state index is 13.4. The molecule has 0 aliphatic heterocycles. The minimum Gasteiger partial charge on any atom is -0.478 e. The number of rotatable bonds is 3. The Morgan fingerprint density at radius 1 is 1.42 bits per heavy atom. The van der Waals surface area contributed by atoms with Crippen molar-refractivity contribution in [3.8, 4) is 12.3 Å². The van der Waals surface area contributed by atoms with Gasteiger partial charge < -0.3 is 15.7 Å². The fraction of sp³-hybridized carbons (Fsp3) is 0.231. The van der Waals surface area contributed by atoms with Gasteiger partial charge in [-0.15, -0.1) is 6.42 Å². The lowest BCUT2D eigenvalue weighted by Gasteiger charge is -2.19. The topological polar surface area (TPSA) is 78.4 Å². The van der Waals surface area contributed by atoms with Crippen molar-refractivity contribution in [2.45, 2.75) is 19.4 Å². The van der Waals surface area contributed by atoms with Crippen LogP contribution in [0.1, 0.15) is 24.2 Å². The number of anilines is 1. The van der Waals surface area contributed by atoms with Gasteiger partial charge in [0.05, 0.1) is 11.1 Å². The van der Waals surface area contributed by atoms with E-state index in [0.717, 1.165) is 12.1 Å². The van der Waals surface area contributed by atoms with Gasteiger partial charge in [-0.2, -0.15) is 0 Å². The first-order valence-corrected chi connectivity index (χ1v) is 5.35. The Hall–Kier alpha value is -2.55. The van der Waals surface area contributed by atoms with E-state index in [4.69, 9.17) is 11.5 Å². The molecule has 0 heterocycles. The van der Waals surface area contributed by atoms with Crippen LogP contribution in [0, 0.1) is 18.2 Å². The summed E-state index contributed by atoms with van der Waals surface area (Å²) >= 11 is 0. The standard InChI is InChI=1S/C13H13FN2O3/c1-4-13(2,3)16-12(19)15-8-5-6-9(11(17)18)10(14)7-8/h1,5-7H,2-3H3,(H,17,18)(H2,15,16,19). The van der Waals surface area contributed by atoms with Crippen molar-refractivity contribution in [1.82, 2.24) is 5.32 Å². The van der Waals surface area contributed by atoms with Crippen molar-refractivity contribution in [2.75, 3.05) is 5.32 Å². The molecule has 0 unspecified atom stereocenters.